The molecule has 3 aromatic rings. The molecule has 1 heterocycles. The maximum absolute atomic E-state index is 13.0. The Labute approximate surface area is 209 Å². The molecule has 3 N–H and O–H groups in total. The molecule has 1 aliphatic rings. The molecular weight excluding hydrogens is 462 g/mol. The minimum atomic E-state index is -0.373. The average molecular weight is 492 g/mol. The van der Waals surface area contributed by atoms with Gasteiger partial charge in [-0.05, 0) is 61.2 Å². The number of amides is 3. The topological polar surface area (TPSA) is 100 Å². The summed E-state index contributed by atoms with van der Waals surface area (Å²) in [4.78, 5) is 38.3. The Balaban J connectivity index is 1.32. The molecule has 2 aromatic carbocycles. The maximum atomic E-state index is 13.0. The normalized spacial score (nSPS) is 13.7. The lowest BCUT2D eigenvalue weighted by molar-refractivity contribution is -0.118. The Kier molecular flexibility index (Phi) is 8.62. The highest BCUT2D eigenvalue weighted by atomic mass is 32.2. The van der Waals surface area contributed by atoms with Crippen molar-refractivity contribution in [3.63, 3.8) is 0 Å². The molecule has 1 aromatic heterocycles. The first-order valence-electron chi connectivity index (χ1n) is 11.8. The summed E-state index contributed by atoms with van der Waals surface area (Å²) in [5.41, 5.74) is 1.56. The number of anilines is 2. The van der Waals surface area contributed by atoms with Crippen LogP contribution in [0.5, 0.6) is 0 Å². The van der Waals surface area contributed by atoms with E-state index in [-0.39, 0.29) is 29.2 Å². The third-order valence-corrected chi connectivity index (χ3v) is 7.00. The molecule has 3 amide bonds. The summed E-state index contributed by atoms with van der Waals surface area (Å²) < 4.78 is 5.11. The number of hydrogen-bond donors (Lipinski definition) is 3. The zero-order valence-electron chi connectivity index (χ0n) is 19.4. The second kappa shape index (κ2) is 12.3. The average Bonchev–Trinajstić information content (AvgIpc) is 3.43. The predicted molar refractivity (Wildman–Crippen MR) is 138 cm³/mol. The summed E-state index contributed by atoms with van der Waals surface area (Å²) in [6.07, 6.45) is 7.59. The lowest BCUT2D eigenvalue weighted by Crippen LogP contribution is -2.31. The van der Waals surface area contributed by atoms with E-state index < -0.39 is 0 Å². The van der Waals surface area contributed by atoms with E-state index in [0.717, 1.165) is 11.4 Å². The summed E-state index contributed by atoms with van der Waals surface area (Å²) in [5, 5.41) is 8.66. The summed E-state index contributed by atoms with van der Waals surface area (Å²) in [5.74, 6) is 0.359. The molecule has 0 unspecified atom stereocenters. The molecule has 1 saturated carbocycles. The molecular formula is C27H29N3O4S. The van der Waals surface area contributed by atoms with Crippen LogP contribution in [0.2, 0.25) is 0 Å². The van der Waals surface area contributed by atoms with Gasteiger partial charge in [-0.15, -0.1) is 11.8 Å². The molecule has 1 fully saturated rings. The third kappa shape index (κ3) is 7.23. The van der Waals surface area contributed by atoms with E-state index in [1.165, 1.54) is 50.1 Å². The highest BCUT2D eigenvalue weighted by molar-refractivity contribution is 8.00. The van der Waals surface area contributed by atoms with Gasteiger partial charge in [-0.25, -0.2) is 0 Å². The van der Waals surface area contributed by atoms with Gasteiger partial charge in [-0.1, -0.05) is 37.5 Å². The first kappa shape index (κ1) is 24.6. The molecule has 0 atom stereocenters. The van der Waals surface area contributed by atoms with Crippen molar-refractivity contribution in [1.29, 1.82) is 0 Å². The second-order valence-corrected chi connectivity index (χ2v) is 9.58. The van der Waals surface area contributed by atoms with Crippen molar-refractivity contribution >= 4 is 40.9 Å². The van der Waals surface area contributed by atoms with E-state index in [1.54, 1.807) is 48.5 Å². The van der Waals surface area contributed by atoms with Crippen LogP contribution in [0.1, 0.15) is 53.0 Å². The van der Waals surface area contributed by atoms with Gasteiger partial charge in [0.2, 0.25) is 5.91 Å². The van der Waals surface area contributed by atoms with Crippen molar-refractivity contribution in [1.82, 2.24) is 5.32 Å². The zero-order valence-corrected chi connectivity index (χ0v) is 20.2. The molecule has 0 spiro atoms. The van der Waals surface area contributed by atoms with Gasteiger partial charge in [-0.3, -0.25) is 14.4 Å². The van der Waals surface area contributed by atoms with E-state index >= 15 is 0 Å². The quantitative estimate of drug-likeness (QED) is 0.340. The van der Waals surface area contributed by atoms with E-state index in [4.69, 9.17) is 4.42 Å². The molecule has 0 bridgehead atoms. The second-order valence-electron chi connectivity index (χ2n) is 8.56. The Morgan fingerprint density at radius 1 is 0.857 bits per heavy atom. The van der Waals surface area contributed by atoms with Crippen LogP contribution in [0.4, 0.5) is 11.4 Å². The fourth-order valence-electron chi connectivity index (χ4n) is 4.10. The van der Waals surface area contributed by atoms with Crippen molar-refractivity contribution < 1.29 is 18.8 Å². The van der Waals surface area contributed by atoms with Crippen LogP contribution in [0.25, 0.3) is 0 Å². The highest BCUT2D eigenvalue weighted by Crippen LogP contribution is 2.25. The number of carbonyl (C=O) groups is 3. The molecule has 7 nitrogen and oxygen atoms in total. The van der Waals surface area contributed by atoms with Gasteiger partial charge in [0.25, 0.3) is 11.8 Å². The van der Waals surface area contributed by atoms with Crippen LogP contribution in [0, 0.1) is 5.92 Å². The largest absolute Gasteiger partial charge is 0.459 e. The van der Waals surface area contributed by atoms with Gasteiger partial charge in [0.1, 0.15) is 0 Å². The predicted octanol–water partition coefficient (Wildman–Crippen LogP) is 5.57. The van der Waals surface area contributed by atoms with Gasteiger partial charge in [0.05, 0.1) is 17.6 Å². The molecule has 1 aliphatic carbocycles. The van der Waals surface area contributed by atoms with Gasteiger partial charge in [0.15, 0.2) is 5.76 Å². The molecule has 35 heavy (non-hydrogen) atoms. The lowest BCUT2D eigenvalue weighted by atomic mass is 9.89. The van der Waals surface area contributed by atoms with E-state index in [9.17, 15) is 14.4 Å². The van der Waals surface area contributed by atoms with Gasteiger partial charge in [-0.2, -0.15) is 0 Å². The molecule has 8 heteroatoms. The summed E-state index contributed by atoms with van der Waals surface area (Å²) >= 11 is 1.35. The first-order chi connectivity index (χ1) is 17.1. The van der Waals surface area contributed by atoms with E-state index in [2.05, 4.69) is 16.0 Å². The van der Waals surface area contributed by atoms with Crippen LogP contribution >= 0.6 is 11.8 Å². The van der Waals surface area contributed by atoms with Crippen LogP contribution < -0.4 is 16.0 Å². The van der Waals surface area contributed by atoms with Gasteiger partial charge in [0, 0.05) is 22.8 Å². The van der Waals surface area contributed by atoms with Crippen molar-refractivity contribution in [2.45, 2.75) is 37.0 Å². The third-order valence-electron chi connectivity index (χ3n) is 5.93. The number of furan rings is 1. The molecule has 0 radical (unpaired) electrons. The Morgan fingerprint density at radius 2 is 1.60 bits per heavy atom. The lowest BCUT2D eigenvalue weighted by Gasteiger charge is -2.21. The number of nitrogens with one attached hydrogen (secondary N) is 3. The van der Waals surface area contributed by atoms with Crippen molar-refractivity contribution in [2.75, 3.05) is 22.9 Å². The van der Waals surface area contributed by atoms with Gasteiger partial charge < -0.3 is 20.4 Å². The van der Waals surface area contributed by atoms with E-state index in [1.807, 2.05) is 12.1 Å². The maximum Gasteiger partial charge on any atom is 0.291 e. The molecule has 182 valence electrons. The minimum Gasteiger partial charge on any atom is -0.459 e. The molecule has 4 rings (SSSR count). The molecule has 0 saturated heterocycles. The minimum absolute atomic E-state index is 0.0178. The molecule has 0 aliphatic heterocycles. The number of carbonyl (C=O) groups excluding carboxylic acids is 3. The van der Waals surface area contributed by atoms with Crippen LogP contribution in [-0.2, 0) is 4.79 Å². The summed E-state index contributed by atoms with van der Waals surface area (Å²) in [6, 6.07) is 17.3. The van der Waals surface area contributed by atoms with Crippen molar-refractivity contribution in [3.05, 3.63) is 78.3 Å². The van der Waals surface area contributed by atoms with Crippen molar-refractivity contribution in [2.24, 2.45) is 5.92 Å². The summed E-state index contributed by atoms with van der Waals surface area (Å²) in [6.45, 7) is 0.730. The monoisotopic (exact) mass is 491 g/mol. The summed E-state index contributed by atoms with van der Waals surface area (Å²) in [7, 11) is 0. The van der Waals surface area contributed by atoms with E-state index in [0.29, 0.717) is 22.9 Å². The Bertz CT molecular complexity index is 1160. The standard InChI is InChI=1S/C27H29N3O4S/c31-25(28-17-19-8-2-1-3-9-19)18-35-24-14-5-4-12-22(24)26(32)29-20-10-6-11-21(16-20)30-27(33)23-13-7-15-34-23/h4-7,10-16,19H,1-3,8-9,17-18H2,(H,28,31)(H,29,32)(H,30,33). The number of thioether (sulfide) groups is 1. The van der Waals surface area contributed by atoms with Crippen LogP contribution in [0.15, 0.2) is 76.2 Å². The SMILES string of the molecule is O=C(CSc1ccccc1C(=O)Nc1cccc(NC(=O)c2ccco2)c1)NCC1CCCCC1. The first-order valence-corrected chi connectivity index (χ1v) is 12.8. The fraction of sp³-hybridized carbons (Fsp3) is 0.296. The smallest absolute Gasteiger partial charge is 0.291 e. The Hall–Kier alpha value is -3.52. The Morgan fingerprint density at radius 3 is 2.34 bits per heavy atom. The van der Waals surface area contributed by atoms with Crippen molar-refractivity contribution in [3.8, 4) is 0 Å². The fourth-order valence-corrected chi connectivity index (χ4v) is 4.98. The number of hydrogen-bond acceptors (Lipinski definition) is 5. The zero-order chi connectivity index (χ0) is 24.5. The van der Waals surface area contributed by atoms with Crippen LogP contribution in [0.3, 0.4) is 0 Å². The highest BCUT2D eigenvalue weighted by Gasteiger charge is 2.16. The number of benzene rings is 2. The van der Waals surface area contributed by atoms with Crippen LogP contribution in [-0.4, -0.2) is 30.0 Å². The number of rotatable bonds is 9. The van der Waals surface area contributed by atoms with Gasteiger partial charge >= 0.3 is 0 Å².